The van der Waals surface area contributed by atoms with E-state index < -0.39 is 0 Å². The number of anilines is 4. The van der Waals surface area contributed by atoms with E-state index in [0.29, 0.717) is 36.6 Å². The first-order chi connectivity index (χ1) is 17.5. The SMILES string of the molecule is Cc1cc(Nc2cc(NCCOC(C)C)nc(N3CCCC3c3cc(-c4ccccn4)no3)n2)n[nH]1. The highest BCUT2D eigenvalue weighted by Gasteiger charge is 2.32. The molecule has 0 aromatic carbocycles. The second-order valence-corrected chi connectivity index (χ2v) is 9.03. The molecule has 11 heteroatoms. The first kappa shape index (κ1) is 23.7. The van der Waals surface area contributed by atoms with Gasteiger partial charge in [0.1, 0.15) is 17.3 Å². The van der Waals surface area contributed by atoms with Crippen LogP contribution in [0.25, 0.3) is 11.4 Å². The lowest BCUT2D eigenvalue weighted by Crippen LogP contribution is -2.25. The second-order valence-electron chi connectivity index (χ2n) is 9.03. The highest BCUT2D eigenvalue weighted by molar-refractivity contribution is 5.60. The van der Waals surface area contributed by atoms with Crippen molar-refractivity contribution >= 4 is 23.4 Å². The standard InChI is InChI=1S/C25H31N9O2/c1-16(2)35-12-10-27-22-15-23(28-24-13-17(3)31-32-24)30-25(29-22)34-11-6-8-20(34)21-14-19(33-36-21)18-7-4-5-9-26-18/h4-5,7,9,13-16,20H,6,8,10-12H2,1-3H3,(H3,27,28,29,30,31,32). The molecule has 1 atom stereocenters. The monoisotopic (exact) mass is 489 g/mol. The van der Waals surface area contributed by atoms with Crippen molar-refractivity contribution in [3.63, 3.8) is 0 Å². The Morgan fingerprint density at radius 2 is 2.03 bits per heavy atom. The van der Waals surface area contributed by atoms with Crippen molar-refractivity contribution in [1.82, 2.24) is 30.3 Å². The van der Waals surface area contributed by atoms with Crippen LogP contribution in [-0.2, 0) is 4.74 Å². The lowest BCUT2D eigenvalue weighted by atomic mass is 10.1. The Hall–Kier alpha value is -3.99. The van der Waals surface area contributed by atoms with Crippen LogP contribution in [0.4, 0.5) is 23.4 Å². The van der Waals surface area contributed by atoms with E-state index in [4.69, 9.17) is 19.2 Å². The quantitative estimate of drug-likeness (QED) is 0.274. The summed E-state index contributed by atoms with van der Waals surface area (Å²) in [4.78, 5) is 16.2. The number of aromatic amines is 1. The fourth-order valence-corrected chi connectivity index (χ4v) is 4.19. The molecule has 188 valence electrons. The number of aromatic nitrogens is 6. The average molecular weight is 490 g/mol. The molecule has 5 heterocycles. The summed E-state index contributed by atoms with van der Waals surface area (Å²) >= 11 is 0. The molecule has 1 unspecified atom stereocenters. The predicted molar refractivity (Wildman–Crippen MR) is 137 cm³/mol. The molecular weight excluding hydrogens is 458 g/mol. The third kappa shape index (κ3) is 5.62. The molecule has 36 heavy (non-hydrogen) atoms. The van der Waals surface area contributed by atoms with E-state index in [1.165, 1.54) is 0 Å². The zero-order chi connectivity index (χ0) is 24.9. The summed E-state index contributed by atoms with van der Waals surface area (Å²) in [6.45, 7) is 8.02. The van der Waals surface area contributed by atoms with E-state index >= 15 is 0 Å². The summed E-state index contributed by atoms with van der Waals surface area (Å²) in [7, 11) is 0. The number of pyridine rings is 1. The maximum Gasteiger partial charge on any atom is 0.229 e. The number of nitrogens with one attached hydrogen (secondary N) is 3. The summed E-state index contributed by atoms with van der Waals surface area (Å²) in [5, 5.41) is 18.1. The smallest absolute Gasteiger partial charge is 0.229 e. The molecule has 0 saturated carbocycles. The van der Waals surface area contributed by atoms with E-state index in [0.717, 1.165) is 42.2 Å². The van der Waals surface area contributed by atoms with Crippen molar-refractivity contribution in [2.24, 2.45) is 0 Å². The summed E-state index contributed by atoms with van der Waals surface area (Å²) in [6, 6.07) is 11.5. The van der Waals surface area contributed by atoms with Crippen molar-refractivity contribution in [1.29, 1.82) is 0 Å². The van der Waals surface area contributed by atoms with Crippen LogP contribution in [0, 0.1) is 6.92 Å². The summed E-state index contributed by atoms with van der Waals surface area (Å²) in [5.74, 6) is 3.44. The van der Waals surface area contributed by atoms with Gasteiger partial charge in [0.2, 0.25) is 5.95 Å². The minimum atomic E-state index is -0.0186. The van der Waals surface area contributed by atoms with E-state index in [-0.39, 0.29) is 12.1 Å². The maximum atomic E-state index is 5.77. The van der Waals surface area contributed by atoms with Gasteiger partial charge in [-0.2, -0.15) is 15.1 Å². The van der Waals surface area contributed by atoms with E-state index in [2.05, 4.69) is 35.9 Å². The third-order valence-corrected chi connectivity index (χ3v) is 5.83. The van der Waals surface area contributed by atoms with Gasteiger partial charge < -0.3 is 24.8 Å². The largest absolute Gasteiger partial charge is 0.377 e. The van der Waals surface area contributed by atoms with E-state index in [9.17, 15) is 0 Å². The topological polar surface area (TPSA) is 130 Å². The van der Waals surface area contributed by atoms with Crippen molar-refractivity contribution in [3.8, 4) is 11.4 Å². The Morgan fingerprint density at radius 1 is 1.14 bits per heavy atom. The van der Waals surface area contributed by atoms with Crippen LogP contribution >= 0.6 is 0 Å². The van der Waals surface area contributed by atoms with Crippen LogP contribution in [0.5, 0.6) is 0 Å². The van der Waals surface area contributed by atoms with Crippen molar-refractivity contribution in [3.05, 3.63) is 54.0 Å². The van der Waals surface area contributed by atoms with E-state index in [1.54, 1.807) is 6.20 Å². The first-order valence-electron chi connectivity index (χ1n) is 12.2. The molecule has 3 N–H and O–H groups in total. The molecule has 0 bridgehead atoms. The molecule has 1 fully saturated rings. The van der Waals surface area contributed by atoms with Gasteiger partial charge in [-0.25, -0.2) is 0 Å². The Labute approximate surface area is 209 Å². The van der Waals surface area contributed by atoms with Crippen molar-refractivity contribution in [2.75, 3.05) is 35.2 Å². The van der Waals surface area contributed by atoms with Crippen LogP contribution in [0.15, 0.2) is 47.1 Å². The van der Waals surface area contributed by atoms with Crippen LogP contribution in [0.2, 0.25) is 0 Å². The van der Waals surface area contributed by atoms with Crippen LogP contribution in [0.1, 0.15) is 44.2 Å². The van der Waals surface area contributed by atoms with Gasteiger partial charge >= 0.3 is 0 Å². The van der Waals surface area contributed by atoms with Gasteiger partial charge in [0, 0.05) is 43.2 Å². The third-order valence-electron chi connectivity index (χ3n) is 5.83. The lowest BCUT2D eigenvalue weighted by molar-refractivity contribution is 0.0870. The summed E-state index contributed by atoms with van der Waals surface area (Å²) < 4.78 is 11.4. The van der Waals surface area contributed by atoms with Crippen LogP contribution in [0.3, 0.4) is 0 Å². The maximum absolute atomic E-state index is 5.77. The summed E-state index contributed by atoms with van der Waals surface area (Å²) in [6.07, 6.45) is 3.84. The Balaban J connectivity index is 1.40. The Morgan fingerprint density at radius 3 is 2.81 bits per heavy atom. The summed E-state index contributed by atoms with van der Waals surface area (Å²) in [5.41, 5.74) is 2.46. The molecule has 4 aromatic rings. The number of hydrogen-bond acceptors (Lipinski definition) is 10. The fourth-order valence-electron chi connectivity index (χ4n) is 4.19. The molecule has 0 aliphatic carbocycles. The van der Waals surface area contributed by atoms with Crippen molar-refractivity contribution in [2.45, 2.75) is 45.8 Å². The molecule has 0 spiro atoms. The number of hydrogen-bond donors (Lipinski definition) is 3. The van der Waals surface area contributed by atoms with Gasteiger partial charge in [-0.15, -0.1) is 0 Å². The molecule has 1 saturated heterocycles. The van der Waals surface area contributed by atoms with Gasteiger partial charge in [0.05, 0.1) is 24.4 Å². The number of H-pyrrole nitrogens is 1. The minimum Gasteiger partial charge on any atom is -0.377 e. The zero-order valence-corrected chi connectivity index (χ0v) is 20.7. The molecule has 11 nitrogen and oxygen atoms in total. The van der Waals surface area contributed by atoms with Crippen molar-refractivity contribution < 1.29 is 9.26 Å². The van der Waals surface area contributed by atoms with E-state index in [1.807, 2.05) is 57.2 Å². The highest BCUT2D eigenvalue weighted by Crippen LogP contribution is 2.37. The highest BCUT2D eigenvalue weighted by atomic mass is 16.5. The predicted octanol–water partition coefficient (Wildman–Crippen LogP) is 4.48. The number of ether oxygens (including phenoxy) is 1. The first-order valence-corrected chi connectivity index (χ1v) is 12.2. The molecule has 5 rings (SSSR count). The second kappa shape index (κ2) is 10.7. The molecule has 4 aromatic heterocycles. The van der Waals surface area contributed by atoms with Gasteiger partial charge in [0.15, 0.2) is 11.6 Å². The molecule has 1 aliphatic heterocycles. The molecular formula is C25H31N9O2. The normalized spacial score (nSPS) is 15.6. The van der Waals surface area contributed by atoms with Gasteiger partial charge in [-0.05, 0) is 45.7 Å². The molecule has 1 aliphatic rings. The van der Waals surface area contributed by atoms with Gasteiger partial charge in [0.25, 0.3) is 0 Å². The lowest BCUT2D eigenvalue weighted by Gasteiger charge is -2.23. The van der Waals surface area contributed by atoms with Crippen LogP contribution in [-0.4, -0.2) is 56.1 Å². The average Bonchev–Trinajstić information content (AvgIpc) is 3.63. The number of nitrogens with zero attached hydrogens (tertiary/aromatic N) is 6. The van der Waals surface area contributed by atoms with Crippen LogP contribution < -0.4 is 15.5 Å². The Kier molecular flexibility index (Phi) is 7.08. The number of rotatable bonds is 10. The van der Waals surface area contributed by atoms with Gasteiger partial charge in [-0.3, -0.25) is 10.1 Å². The minimum absolute atomic E-state index is 0.0186. The Bertz CT molecular complexity index is 1270. The molecule has 0 amide bonds. The molecule has 0 radical (unpaired) electrons. The fraction of sp³-hybridized carbons (Fsp3) is 0.400. The number of aryl methyl sites for hydroxylation is 1. The van der Waals surface area contributed by atoms with Gasteiger partial charge in [-0.1, -0.05) is 11.2 Å². The zero-order valence-electron chi connectivity index (χ0n) is 20.7.